The van der Waals surface area contributed by atoms with Gasteiger partial charge in [-0.1, -0.05) is 36.4 Å². The molecule has 0 amide bonds. The molecule has 0 fully saturated rings. The number of alkyl halides is 1. The molecule has 0 N–H and O–H groups in total. The van der Waals surface area contributed by atoms with Crippen molar-refractivity contribution < 1.29 is 18.3 Å². The zero-order valence-corrected chi connectivity index (χ0v) is 16.2. The van der Waals surface area contributed by atoms with E-state index in [2.05, 4.69) is 0 Å². The molecule has 148 valence electrons. The summed E-state index contributed by atoms with van der Waals surface area (Å²) in [5.74, 6) is 0.0962. The average Bonchev–Trinajstić information content (AvgIpc) is 3.16. The van der Waals surface area contributed by atoms with Crippen LogP contribution in [-0.2, 0) is 13.0 Å². The lowest BCUT2D eigenvalue weighted by Gasteiger charge is -2.41. The molecule has 3 aromatic carbocycles. The first-order chi connectivity index (χ1) is 14.1. The fourth-order valence-corrected chi connectivity index (χ4v) is 4.47. The highest BCUT2D eigenvalue weighted by molar-refractivity contribution is 6.20. The van der Waals surface area contributed by atoms with Gasteiger partial charge in [0.15, 0.2) is 11.5 Å². The quantitative estimate of drug-likeness (QED) is 0.423. The van der Waals surface area contributed by atoms with E-state index in [9.17, 15) is 8.78 Å². The van der Waals surface area contributed by atoms with Crippen LogP contribution in [0.5, 0.6) is 11.5 Å². The molecule has 6 heteroatoms. The van der Waals surface area contributed by atoms with Crippen molar-refractivity contribution in [1.29, 1.82) is 0 Å². The van der Waals surface area contributed by atoms with Crippen LogP contribution in [0.3, 0.4) is 0 Å². The van der Waals surface area contributed by atoms with E-state index in [0.29, 0.717) is 30.0 Å². The molecule has 0 radical (unpaired) electrons. The molecule has 29 heavy (non-hydrogen) atoms. The van der Waals surface area contributed by atoms with Crippen molar-refractivity contribution in [2.45, 2.75) is 24.5 Å². The summed E-state index contributed by atoms with van der Waals surface area (Å²) in [5, 5.41) is 0. The summed E-state index contributed by atoms with van der Waals surface area (Å²) in [6.45, 7) is 0.691. The molecule has 0 aromatic heterocycles. The van der Waals surface area contributed by atoms with E-state index in [1.54, 1.807) is 0 Å². The molecule has 0 saturated carbocycles. The molecule has 3 aromatic rings. The van der Waals surface area contributed by atoms with E-state index in [4.69, 9.17) is 21.1 Å². The topological polar surface area (TPSA) is 21.7 Å². The Bertz CT molecular complexity index is 1060. The summed E-state index contributed by atoms with van der Waals surface area (Å²) in [5.41, 5.74) is 2.96. The van der Waals surface area contributed by atoms with E-state index < -0.39 is 17.7 Å². The van der Waals surface area contributed by atoms with Crippen LogP contribution in [0, 0.1) is 11.6 Å². The highest BCUT2D eigenvalue weighted by Gasteiger charge is 2.37. The number of rotatable bonds is 3. The monoisotopic (exact) mass is 413 g/mol. The second-order valence-corrected chi connectivity index (χ2v) is 7.77. The maximum absolute atomic E-state index is 14.9. The lowest BCUT2D eigenvalue weighted by atomic mass is 9.87. The number of benzene rings is 3. The second kappa shape index (κ2) is 7.32. The molecule has 2 aliphatic rings. The fraction of sp³-hybridized carbons (Fsp3) is 0.217. The molecule has 0 aliphatic carbocycles. The van der Waals surface area contributed by atoms with Crippen LogP contribution in [0.2, 0.25) is 0 Å². The standard InChI is InChI=1S/C23H18ClF2NO2/c24-22-9-15-8-20-21(29-13-28-20)11-18(15)23(17-7-6-16(25)10-19(17)26)27(22)12-14-4-2-1-3-5-14/h1-8,10-11,22-23H,9,12-13H2. The van der Waals surface area contributed by atoms with Gasteiger partial charge in [0.1, 0.15) is 11.6 Å². The molecule has 5 rings (SSSR count). The number of fused-ring (bicyclic) bond motifs is 2. The number of halogens is 3. The molecule has 2 atom stereocenters. The van der Waals surface area contributed by atoms with Crippen molar-refractivity contribution >= 4 is 11.6 Å². The van der Waals surface area contributed by atoms with Gasteiger partial charge in [-0.15, -0.1) is 11.6 Å². The van der Waals surface area contributed by atoms with Crippen molar-refractivity contribution in [3.63, 3.8) is 0 Å². The predicted molar refractivity (Wildman–Crippen MR) is 106 cm³/mol. The molecule has 2 aliphatic heterocycles. The number of ether oxygens (including phenoxy) is 2. The largest absolute Gasteiger partial charge is 0.454 e. The van der Waals surface area contributed by atoms with Crippen molar-refractivity contribution in [3.8, 4) is 11.5 Å². The molecule has 0 spiro atoms. The molecule has 0 saturated heterocycles. The van der Waals surface area contributed by atoms with Gasteiger partial charge in [0.2, 0.25) is 6.79 Å². The Labute approximate surface area is 172 Å². The summed E-state index contributed by atoms with van der Waals surface area (Å²) < 4.78 is 39.5. The molecular formula is C23H18ClF2NO2. The van der Waals surface area contributed by atoms with E-state index in [1.165, 1.54) is 12.1 Å². The van der Waals surface area contributed by atoms with Gasteiger partial charge in [-0.25, -0.2) is 8.78 Å². The van der Waals surface area contributed by atoms with Gasteiger partial charge in [0.05, 0.1) is 11.5 Å². The van der Waals surface area contributed by atoms with Gasteiger partial charge in [-0.2, -0.15) is 0 Å². The first-order valence-corrected chi connectivity index (χ1v) is 9.85. The van der Waals surface area contributed by atoms with Gasteiger partial charge in [0, 0.05) is 24.6 Å². The van der Waals surface area contributed by atoms with Gasteiger partial charge in [-0.3, -0.25) is 4.90 Å². The average molecular weight is 414 g/mol. The summed E-state index contributed by atoms with van der Waals surface area (Å²) in [7, 11) is 0. The van der Waals surface area contributed by atoms with Gasteiger partial charge in [-0.05, 0) is 34.9 Å². The third-order valence-electron chi connectivity index (χ3n) is 5.47. The Balaban J connectivity index is 1.65. The van der Waals surface area contributed by atoms with Crippen LogP contribution < -0.4 is 9.47 Å². The van der Waals surface area contributed by atoms with Crippen molar-refractivity contribution in [1.82, 2.24) is 4.90 Å². The van der Waals surface area contributed by atoms with E-state index in [-0.39, 0.29) is 12.3 Å². The van der Waals surface area contributed by atoms with E-state index in [0.717, 1.165) is 22.8 Å². The Kier molecular flexibility index (Phi) is 4.64. The molecule has 2 heterocycles. The summed E-state index contributed by atoms with van der Waals surface area (Å²) in [6.07, 6.45) is 0.583. The van der Waals surface area contributed by atoms with Gasteiger partial charge >= 0.3 is 0 Å². The predicted octanol–water partition coefficient (Wildman–Crippen LogP) is 5.41. The van der Waals surface area contributed by atoms with Gasteiger partial charge < -0.3 is 9.47 Å². The Morgan fingerprint density at radius 3 is 2.45 bits per heavy atom. The molecule has 0 bridgehead atoms. The van der Waals surface area contributed by atoms with Crippen LogP contribution in [-0.4, -0.2) is 17.2 Å². The number of hydrogen-bond donors (Lipinski definition) is 0. The van der Waals surface area contributed by atoms with E-state index in [1.807, 2.05) is 47.4 Å². The molecule has 2 unspecified atom stereocenters. The normalized spacial score (nSPS) is 20.5. The molecular weight excluding hydrogens is 396 g/mol. The maximum atomic E-state index is 14.9. The zero-order valence-electron chi connectivity index (χ0n) is 15.4. The zero-order chi connectivity index (χ0) is 20.0. The van der Waals surface area contributed by atoms with Crippen LogP contribution in [0.25, 0.3) is 0 Å². The van der Waals surface area contributed by atoms with Gasteiger partial charge in [0.25, 0.3) is 0 Å². The third-order valence-corrected chi connectivity index (χ3v) is 5.88. The first kappa shape index (κ1) is 18.4. The van der Waals surface area contributed by atoms with Crippen molar-refractivity contribution in [2.24, 2.45) is 0 Å². The lowest BCUT2D eigenvalue weighted by Crippen LogP contribution is -2.41. The Morgan fingerprint density at radius 1 is 0.931 bits per heavy atom. The highest BCUT2D eigenvalue weighted by atomic mass is 35.5. The molecule has 3 nitrogen and oxygen atoms in total. The smallest absolute Gasteiger partial charge is 0.231 e. The van der Waals surface area contributed by atoms with Crippen LogP contribution in [0.15, 0.2) is 60.7 Å². The third kappa shape index (κ3) is 3.34. The number of hydrogen-bond acceptors (Lipinski definition) is 3. The van der Waals surface area contributed by atoms with Crippen LogP contribution >= 0.6 is 11.6 Å². The minimum atomic E-state index is -0.606. The van der Waals surface area contributed by atoms with Crippen molar-refractivity contribution in [3.05, 3.63) is 94.6 Å². The lowest BCUT2D eigenvalue weighted by molar-refractivity contribution is 0.173. The summed E-state index contributed by atoms with van der Waals surface area (Å²) in [4.78, 5) is 2.04. The summed E-state index contributed by atoms with van der Waals surface area (Å²) >= 11 is 6.80. The van der Waals surface area contributed by atoms with E-state index >= 15 is 0 Å². The summed E-state index contributed by atoms with van der Waals surface area (Å²) in [6, 6.07) is 16.9. The minimum Gasteiger partial charge on any atom is -0.454 e. The Hall–Kier alpha value is -2.63. The van der Waals surface area contributed by atoms with Crippen molar-refractivity contribution in [2.75, 3.05) is 6.79 Å². The Morgan fingerprint density at radius 2 is 1.69 bits per heavy atom. The second-order valence-electron chi connectivity index (χ2n) is 7.27. The van der Waals surface area contributed by atoms with Crippen LogP contribution in [0.1, 0.15) is 28.3 Å². The SMILES string of the molecule is Fc1ccc(C2c3cc4c(cc3CC(Cl)N2Cc2ccccc2)OCO4)c(F)c1. The minimum absolute atomic E-state index is 0.159. The highest BCUT2D eigenvalue weighted by Crippen LogP contribution is 2.46. The number of nitrogens with zero attached hydrogens (tertiary/aromatic N) is 1. The maximum Gasteiger partial charge on any atom is 0.231 e. The first-order valence-electron chi connectivity index (χ1n) is 9.41. The fourth-order valence-electron chi connectivity index (χ4n) is 4.12. The van der Waals surface area contributed by atoms with Crippen LogP contribution in [0.4, 0.5) is 8.78 Å².